The third kappa shape index (κ3) is 1.48. The first-order valence-corrected chi connectivity index (χ1v) is 4.07. The van der Waals surface area contributed by atoms with Gasteiger partial charge in [0.05, 0.1) is 6.10 Å². The second-order valence-electron chi connectivity index (χ2n) is 3.01. The molecule has 0 spiro atoms. The molecule has 1 unspecified atom stereocenters. The Morgan fingerprint density at radius 2 is 2.42 bits per heavy atom. The van der Waals surface area contributed by atoms with E-state index in [2.05, 4.69) is 6.58 Å². The van der Waals surface area contributed by atoms with E-state index in [4.69, 9.17) is 4.74 Å². The first-order chi connectivity index (χ1) is 5.70. The summed E-state index contributed by atoms with van der Waals surface area (Å²) >= 11 is 0. The summed E-state index contributed by atoms with van der Waals surface area (Å²) in [6.07, 6.45) is 2.94. The number of carbonyl (C=O) groups is 1. The van der Waals surface area contributed by atoms with Crippen LogP contribution in [0.2, 0.25) is 0 Å². The Kier molecular flexibility index (Phi) is 2.82. The molecule has 0 radical (unpaired) electrons. The highest BCUT2D eigenvalue weighted by molar-refractivity contribution is 5.99. The van der Waals surface area contributed by atoms with Gasteiger partial charge in [-0.15, -0.1) is 6.58 Å². The van der Waals surface area contributed by atoms with E-state index in [0.29, 0.717) is 12.8 Å². The number of methoxy groups -OCH3 is 1. The van der Waals surface area contributed by atoms with Gasteiger partial charge in [0.15, 0.2) is 5.78 Å². The normalized spacial score (nSPS) is 23.5. The predicted molar refractivity (Wildman–Crippen MR) is 47.9 cm³/mol. The smallest absolute Gasteiger partial charge is 0.162 e. The zero-order valence-electron chi connectivity index (χ0n) is 7.59. The Morgan fingerprint density at radius 1 is 1.75 bits per heavy atom. The van der Waals surface area contributed by atoms with Crippen LogP contribution >= 0.6 is 0 Å². The van der Waals surface area contributed by atoms with E-state index in [1.54, 1.807) is 13.2 Å². The van der Waals surface area contributed by atoms with Gasteiger partial charge < -0.3 is 4.74 Å². The monoisotopic (exact) mass is 166 g/mol. The van der Waals surface area contributed by atoms with Crippen molar-refractivity contribution in [1.29, 1.82) is 0 Å². The number of hydrogen-bond acceptors (Lipinski definition) is 2. The van der Waals surface area contributed by atoms with E-state index in [0.717, 1.165) is 11.1 Å². The molecule has 0 aromatic heterocycles. The number of Topliss-reactive ketones (excluding diaryl/α,β-unsaturated/α-hetero) is 1. The highest BCUT2D eigenvalue weighted by atomic mass is 16.5. The van der Waals surface area contributed by atoms with E-state index in [1.165, 1.54) is 0 Å². The number of rotatable bonds is 3. The van der Waals surface area contributed by atoms with Crippen LogP contribution in [0.5, 0.6) is 0 Å². The lowest BCUT2D eigenvalue weighted by Gasteiger charge is -2.07. The highest BCUT2D eigenvalue weighted by Gasteiger charge is 2.28. The molecule has 0 bridgehead atoms. The van der Waals surface area contributed by atoms with Gasteiger partial charge in [-0.2, -0.15) is 0 Å². The molecule has 0 saturated carbocycles. The van der Waals surface area contributed by atoms with E-state index in [9.17, 15) is 4.79 Å². The molecule has 12 heavy (non-hydrogen) atoms. The number of carbonyl (C=O) groups excluding carboxylic acids is 1. The zero-order valence-corrected chi connectivity index (χ0v) is 7.59. The first-order valence-electron chi connectivity index (χ1n) is 4.07. The fourth-order valence-electron chi connectivity index (χ4n) is 1.54. The molecule has 1 rings (SSSR count). The van der Waals surface area contributed by atoms with Crippen LogP contribution in [-0.2, 0) is 9.53 Å². The molecule has 2 heteroatoms. The molecule has 1 aliphatic rings. The van der Waals surface area contributed by atoms with Crippen LogP contribution in [0, 0.1) is 0 Å². The molecule has 0 aromatic carbocycles. The topological polar surface area (TPSA) is 26.3 Å². The van der Waals surface area contributed by atoms with Crippen LogP contribution in [0.25, 0.3) is 0 Å². The van der Waals surface area contributed by atoms with Crippen molar-refractivity contribution in [2.24, 2.45) is 0 Å². The van der Waals surface area contributed by atoms with Crippen LogP contribution in [0.4, 0.5) is 0 Å². The molecule has 2 nitrogen and oxygen atoms in total. The highest BCUT2D eigenvalue weighted by Crippen LogP contribution is 2.27. The lowest BCUT2D eigenvalue weighted by atomic mass is 10.1. The van der Waals surface area contributed by atoms with Crippen molar-refractivity contribution < 1.29 is 9.53 Å². The number of ketones is 1. The molecule has 1 atom stereocenters. The number of allylic oxidation sites excluding steroid dienone is 2. The molecular formula is C10H14O2. The summed E-state index contributed by atoms with van der Waals surface area (Å²) in [5.74, 6) is 0.208. The van der Waals surface area contributed by atoms with Gasteiger partial charge in [0.1, 0.15) is 0 Å². The lowest BCUT2D eigenvalue weighted by molar-refractivity contribution is -0.116. The van der Waals surface area contributed by atoms with Crippen LogP contribution in [0.1, 0.15) is 19.8 Å². The first kappa shape index (κ1) is 9.20. The molecule has 0 aromatic rings. The van der Waals surface area contributed by atoms with Gasteiger partial charge in [0.2, 0.25) is 0 Å². The summed E-state index contributed by atoms with van der Waals surface area (Å²) in [6.45, 7) is 5.57. The van der Waals surface area contributed by atoms with E-state index >= 15 is 0 Å². The van der Waals surface area contributed by atoms with Crippen LogP contribution in [0.15, 0.2) is 23.8 Å². The second-order valence-corrected chi connectivity index (χ2v) is 3.01. The second kappa shape index (κ2) is 3.68. The van der Waals surface area contributed by atoms with E-state index in [-0.39, 0.29) is 11.9 Å². The molecule has 0 amide bonds. The summed E-state index contributed by atoms with van der Waals surface area (Å²) in [4.78, 5) is 11.4. The van der Waals surface area contributed by atoms with Crippen LogP contribution < -0.4 is 0 Å². The average Bonchev–Trinajstić information content (AvgIpc) is 2.32. The third-order valence-corrected chi connectivity index (χ3v) is 2.30. The van der Waals surface area contributed by atoms with Gasteiger partial charge in [-0.05, 0) is 18.9 Å². The molecule has 0 N–H and O–H groups in total. The quantitative estimate of drug-likeness (QED) is 0.598. The average molecular weight is 166 g/mol. The fraction of sp³-hybridized carbons (Fsp3) is 0.500. The summed E-state index contributed by atoms with van der Waals surface area (Å²) < 4.78 is 5.16. The summed E-state index contributed by atoms with van der Waals surface area (Å²) in [5, 5.41) is 0. The standard InChI is InChI=1S/C10H14O2/c1-4-5-8-7(2)10(12-3)6-9(8)11/h4,10H,1,5-6H2,2-3H3. The Morgan fingerprint density at radius 3 is 2.83 bits per heavy atom. The maximum Gasteiger partial charge on any atom is 0.162 e. The Bertz CT molecular complexity index is 238. The predicted octanol–water partition coefficient (Wildman–Crippen LogP) is 1.87. The Hall–Kier alpha value is -0.890. The van der Waals surface area contributed by atoms with Gasteiger partial charge >= 0.3 is 0 Å². The van der Waals surface area contributed by atoms with Gasteiger partial charge in [-0.3, -0.25) is 4.79 Å². The van der Waals surface area contributed by atoms with E-state index in [1.807, 2.05) is 6.92 Å². The zero-order chi connectivity index (χ0) is 9.14. The molecule has 66 valence electrons. The van der Waals surface area contributed by atoms with Crippen molar-refractivity contribution in [3.63, 3.8) is 0 Å². The summed E-state index contributed by atoms with van der Waals surface area (Å²) in [7, 11) is 1.64. The maximum atomic E-state index is 11.4. The van der Waals surface area contributed by atoms with E-state index < -0.39 is 0 Å². The number of hydrogen-bond donors (Lipinski definition) is 0. The van der Waals surface area contributed by atoms with Gasteiger partial charge in [-0.1, -0.05) is 6.08 Å². The maximum absolute atomic E-state index is 11.4. The minimum absolute atomic E-state index is 0.00690. The van der Waals surface area contributed by atoms with Crippen molar-refractivity contribution in [1.82, 2.24) is 0 Å². The van der Waals surface area contributed by atoms with Gasteiger partial charge in [0, 0.05) is 19.1 Å². The lowest BCUT2D eigenvalue weighted by Crippen LogP contribution is -2.08. The number of ether oxygens (including phenoxy) is 1. The van der Waals surface area contributed by atoms with Crippen molar-refractivity contribution in [3.8, 4) is 0 Å². The minimum atomic E-state index is 0.00690. The summed E-state index contributed by atoms with van der Waals surface area (Å²) in [5.41, 5.74) is 1.96. The minimum Gasteiger partial charge on any atom is -0.377 e. The molecule has 0 aliphatic heterocycles. The van der Waals surface area contributed by atoms with Crippen molar-refractivity contribution in [3.05, 3.63) is 23.8 Å². The van der Waals surface area contributed by atoms with Crippen LogP contribution in [0.3, 0.4) is 0 Å². The molecule has 0 saturated heterocycles. The molecule has 0 fully saturated rings. The fourth-order valence-corrected chi connectivity index (χ4v) is 1.54. The summed E-state index contributed by atoms with van der Waals surface area (Å²) in [6, 6.07) is 0. The van der Waals surface area contributed by atoms with Gasteiger partial charge in [-0.25, -0.2) is 0 Å². The van der Waals surface area contributed by atoms with Crippen molar-refractivity contribution in [2.75, 3.05) is 7.11 Å². The van der Waals surface area contributed by atoms with Crippen molar-refractivity contribution in [2.45, 2.75) is 25.9 Å². The van der Waals surface area contributed by atoms with Gasteiger partial charge in [0.25, 0.3) is 0 Å². The molecular weight excluding hydrogens is 152 g/mol. The van der Waals surface area contributed by atoms with Crippen LogP contribution in [-0.4, -0.2) is 19.0 Å². The largest absolute Gasteiger partial charge is 0.377 e. The molecule has 0 heterocycles. The van der Waals surface area contributed by atoms with Crippen molar-refractivity contribution >= 4 is 5.78 Å². The SMILES string of the molecule is C=CCC1=C(C)C(OC)CC1=O. The molecule has 1 aliphatic carbocycles. The third-order valence-electron chi connectivity index (χ3n) is 2.30. The Labute approximate surface area is 72.9 Å². The Balaban J connectivity index is 2.84.